The molecule has 0 saturated heterocycles. The molecule has 1 unspecified atom stereocenters. The molecule has 1 fully saturated rings. The Hall–Kier alpha value is -0.610. The van der Waals surface area contributed by atoms with Crippen molar-refractivity contribution in [1.29, 1.82) is 0 Å². The van der Waals surface area contributed by atoms with E-state index in [-0.39, 0.29) is 12.1 Å². The third kappa shape index (κ3) is 3.68. The second-order valence-corrected chi connectivity index (χ2v) is 4.86. The Bertz CT molecular complexity index is 251. The summed E-state index contributed by atoms with van der Waals surface area (Å²) in [6, 6.07) is 0. The fraction of sp³-hybridized carbons (Fsp3) is 0.923. The first-order valence-electron chi connectivity index (χ1n) is 6.60. The Morgan fingerprint density at radius 3 is 2.47 bits per heavy atom. The van der Waals surface area contributed by atoms with Crippen LogP contribution in [0.3, 0.4) is 0 Å². The lowest BCUT2D eigenvalue weighted by molar-refractivity contribution is -0.156. The van der Waals surface area contributed by atoms with Gasteiger partial charge in [-0.05, 0) is 46.1 Å². The molecule has 0 spiro atoms. The van der Waals surface area contributed by atoms with Gasteiger partial charge in [-0.1, -0.05) is 6.92 Å². The third-order valence-electron chi connectivity index (χ3n) is 3.05. The standard InChI is InChI=1S/C13H25NO3/c1-5-14-13(11-7-8-11,9-17-10(3)4)12(15)16-6-2/h10-11,14H,5-9H2,1-4H3. The zero-order valence-corrected chi connectivity index (χ0v) is 11.4. The maximum absolute atomic E-state index is 12.2. The summed E-state index contributed by atoms with van der Waals surface area (Å²) in [7, 11) is 0. The predicted octanol–water partition coefficient (Wildman–Crippen LogP) is 1.73. The van der Waals surface area contributed by atoms with Gasteiger partial charge in [0, 0.05) is 0 Å². The molecule has 1 rings (SSSR count). The Balaban J connectivity index is 2.75. The summed E-state index contributed by atoms with van der Waals surface area (Å²) in [6.07, 6.45) is 2.28. The molecule has 17 heavy (non-hydrogen) atoms. The van der Waals surface area contributed by atoms with Gasteiger partial charge >= 0.3 is 5.97 Å². The molecule has 1 aliphatic rings. The first-order valence-corrected chi connectivity index (χ1v) is 6.60. The van der Waals surface area contributed by atoms with Crippen molar-refractivity contribution < 1.29 is 14.3 Å². The summed E-state index contributed by atoms with van der Waals surface area (Å²) in [5.74, 6) is 0.199. The van der Waals surface area contributed by atoms with Gasteiger partial charge in [-0.25, -0.2) is 4.79 Å². The molecule has 1 aliphatic carbocycles. The Kier molecular flexibility index (Phi) is 5.40. The minimum atomic E-state index is -0.630. The van der Waals surface area contributed by atoms with E-state index in [0.717, 1.165) is 19.4 Å². The number of carbonyl (C=O) groups is 1. The highest BCUT2D eigenvalue weighted by atomic mass is 16.5. The second kappa shape index (κ2) is 6.36. The van der Waals surface area contributed by atoms with E-state index in [4.69, 9.17) is 9.47 Å². The van der Waals surface area contributed by atoms with Crippen molar-refractivity contribution >= 4 is 5.97 Å². The van der Waals surface area contributed by atoms with Crippen molar-refractivity contribution in [2.45, 2.75) is 52.2 Å². The molecule has 0 aromatic rings. The average molecular weight is 243 g/mol. The molecule has 0 amide bonds. The van der Waals surface area contributed by atoms with Crippen LogP contribution in [-0.2, 0) is 14.3 Å². The number of nitrogens with one attached hydrogen (secondary N) is 1. The SMILES string of the molecule is CCNC(COC(C)C)(C(=O)OCC)C1CC1. The van der Waals surface area contributed by atoms with Gasteiger partial charge in [-0.2, -0.15) is 0 Å². The Morgan fingerprint density at radius 2 is 2.06 bits per heavy atom. The molecule has 0 aromatic carbocycles. The molecule has 0 aromatic heterocycles. The Morgan fingerprint density at radius 1 is 1.41 bits per heavy atom. The fourth-order valence-electron chi connectivity index (χ4n) is 2.06. The van der Waals surface area contributed by atoms with Gasteiger partial charge in [0.2, 0.25) is 0 Å². The molecule has 0 aliphatic heterocycles. The maximum atomic E-state index is 12.2. The maximum Gasteiger partial charge on any atom is 0.329 e. The van der Waals surface area contributed by atoms with Crippen LogP contribution >= 0.6 is 0 Å². The summed E-state index contributed by atoms with van der Waals surface area (Å²) in [5, 5.41) is 3.30. The van der Waals surface area contributed by atoms with Crippen LogP contribution in [0, 0.1) is 5.92 Å². The van der Waals surface area contributed by atoms with Crippen LogP contribution in [0.1, 0.15) is 40.5 Å². The van der Waals surface area contributed by atoms with Crippen molar-refractivity contribution in [3.8, 4) is 0 Å². The summed E-state index contributed by atoms with van der Waals surface area (Å²) in [5.41, 5.74) is -0.630. The number of likely N-dealkylation sites (N-methyl/N-ethyl adjacent to an activating group) is 1. The number of hydrogen-bond acceptors (Lipinski definition) is 4. The number of hydrogen-bond donors (Lipinski definition) is 1. The molecule has 0 bridgehead atoms. The molecule has 4 nitrogen and oxygen atoms in total. The summed E-state index contributed by atoms with van der Waals surface area (Å²) >= 11 is 0. The fourth-order valence-corrected chi connectivity index (χ4v) is 2.06. The lowest BCUT2D eigenvalue weighted by Gasteiger charge is -2.32. The van der Waals surface area contributed by atoms with Gasteiger partial charge in [0.25, 0.3) is 0 Å². The van der Waals surface area contributed by atoms with Crippen LogP contribution in [0.5, 0.6) is 0 Å². The highest BCUT2D eigenvalue weighted by Gasteiger charge is 2.52. The van der Waals surface area contributed by atoms with Crippen LogP contribution in [-0.4, -0.2) is 37.4 Å². The van der Waals surface area contributed by atoms with E-state index in [1.807, 2.05) is 27.7 Å². The van der Waals surface area contributed by atoms with Gasteiger partial charge < -0.3 is 9.47 Å². The number of rotatable bonds is 8. The van der Waals surface area contributed by atoms with Crippen molar-refractivity contribution in [2.75, 3.05) is 19.8 Å². The summed E-state index contributed by atoms with van der Waals surface area (Å²) < 4.78 is 10.9. The normalized spacial score (nSPS) is 19.1. The van der Waals surface area contributed by atoms with Crippen LogP contribution in [0.4, 0.5) is 0 Å². The van der Waals surface area contributed by atoms with Crippen LogP contribution in [0.15, 0.2) is 0 Å². The zero-order chi connectivity index (χ0) is 12.9. The third-order valence-corrected chi connectivity index (χ3v) is 3.05. The molecular weight excluding hydrogens is 218 g/mol. The molecular formula is C13H25NO3. The lowest BCUT2D eigenvalue weighted by Crippen LogP contribution is -2.58. The van der Waals surface area contributed by atoms with Gasteiger partial charge in [-0.15, -0.1) is 0 Å². The summed E-state index contributed by atoms with van der Waals surface area (Å²) in [6.45, 7) is 9.37. The Labute approximate surface area is 104 Å². The molecule has 100 valence electrons. The minimum Gasteiger partial charge on any atom is -0.465 e. The number of esters is 1. The second-order valence-electron chi connectivity index (χ2n) is 4.86. The predicted molar refractivity (Wildman–Crippen MR) is 66.9 cm³/mol. The number of carbonyl (C=O) groups excluding carboxylic acids is 1. The van der Waals surface area contributed by atoms with E-state index in [9.17, 15) is 4.79 Å². The molecule has 4 heteroatoms. The van der Waals surface area contributed by atoms with E-state index in [1.165, 1.54) is 0 Å². The van der Waals surface area contributed by atoms with Gasteiger partial charge in [0.15, 0.2) is 0 Å². The molecule has 1 atom stereocenters. The van der Waals surface area contributed by atoms with Gasteiger partial charge in [0.1, 0.15) is 5.54 Å². The minimum absolute atomic E-state index is 0.126. The van der Waals surface area contributed by atoms with E-state index in [1.54, 1.807) is 0 Å². The largest absolute Gasteiger partial charge is 0.465 e. The van der Waals surface area contributed by atoms with Crippen molar-refractivity contribution in [3.63, 3.8) is 0 Å². The van der Waals surface area contributed by atoms with Gasteiger partial charge in [0.05, 0.1) is 19.3 Å². The monoisotopic (exact) mass is 243 g/mol. The number of ether oxygens (including phenoxy) is 2. The van der Waals surface area contributed by atoms with E-state index in [2.05, 4.69) is 5.32 Å². The van der Waals surface area contributed by atoms with E-state index >= 15 is 0 Å². The van der Waals surface area contributed by atoms with Crippen molar-refractivity contribution in [3.05, 3.63) is 0 Å². The highest BCUT2D eigenvalue weighted by Crippen LogP contribution is 2.41. The van der Waals surface area contributed by atoms with Gasteiger partial charge in [-0.3, -0.25) is 5.32 Å². The molecule has 1 saturated carbocycles. The first kappa shape index (κ1) is 14.5. The molecule has 1 N–H and O–H groups in total. The van der Waals surface area contributed by atoms with E-state index in [0.29, 0.717) is 19.1 Å². The smallest absolute Gasteiger partial charge is 0.329 e. The van der Waals surface area contributed by atoms with Crippen LogP contribution < -0.4 is 5.32 Å². The first-order chi connectivity index (χ1) is 8.06. The van der Waals surface area contributed by atoms with Crippen LogP contribution in [0.2, 0.25) is 0 Å². The highest BCUT2D eigenvalue weighted by molar-refractivity contribution is 5.82. The lowest BCUT2D eigenvalue weighted by atomic mass is 9.94. The van der Waals surface area contributed by atoms with Crippen molar-refractivity contribution in [1.82, 2.24) is 5.32 Å². The molecule has 0 heterocycles. The van der Waals surface area contributed by atoms with Crippen LogP contribution in [0.25, 0.3) is 0 Å². The van der Waals surface area contributed by atoms with E-state index < -0.39 is 5.54 Å². The average Bonchev–Trinajstić information content (AvgIpc) is 3.08. The van der Waals surface area contributed by atoms with Crippen molar-refractivity contribution in [2.24, 2.45) is 5.92 Å². The zero-order valence-electron chi connectivity index (χ0n) is 11.4. The quantitative estimate of drug-likeness (QED) is 0.660. The topological polar surface area (TPSA) is 47.6 Å². The summed E-state index contributed by atoms with van der Waals surface area (Å²) in [4.78, 5) is 12.2. The molecule has 0 radical (unpaired) electrons.